The first-order chi connectivity index (χ1) is 13.0. The summed E-state index contributed by atoms with van der Waals surface area (Å²) in [6, 6.07) is 7.15. The molecule has 1 aliphatic rings. The Balaban J connectivity index is 0.00000392. The molecule has 0 radical (unpaired) electrons. The van der Waals surface area contributed by atoms with Crippen LogP contribution in [0.3, 0.4) is 0 Å². The fourth-order valence-corrected chi connectivity index (χ4v) is 3.15. The number of hydrogen-bond acceptors (Lipinski definition) is 4. The van der Waals surface area contributed by atoms with Crippen molar-refractivity contribution in [2.24, 2.45) is 4.99 Å². The molecule has 160 valence electrons. The summed E-state index contributed by atoms with van der Waals surface area (Å²) in [5, 5.41) is 6.48. The minimum Gasteiger partial charge on any atom is -0.434 e. The van der Waals surface area contributed by atoms with E-state index in [0.29, 0.717) is 24.1 Å². The Morgan fingerprint density at radius 3 is 2.46 bits per heavy atom. The van der Waals surface area contributed by atoms with E-state index >= 15 is 0 Å². The van der Waals surface area contributed by atoms with Crippen LogP contribution in [0.5, 0.6) is 5.75 Å². The molecule has 0 aliphatic carbocycles. The SMILES string of the molecule is CCN1CCN(C(C)CNC(=NC)NCc2ccccc2OC(F)F)CC1.I. The molecule has 0 bridgehead atoms. The largest absolute Gasteiger partial charge is 0.434 e. The molecule has 1 aromatic carbocycles. The molecular weight excluding hydrogens is 479 g/mol. The van der Waals surface area contributed by atoms with Crippen LogP contribution < -0.4 is 15.4 Å². The van der Waals surface area contributed by atoms with Crippen molar-refractivity contribution in [2.45, 2.75) is 33.0 Å². The number of hydrogen-bond donors (Lipinski definition) is 2. The molecule has 1 fully saturated rings. The Labute approximate surface area is 183 Å². The Morgan fingerprint density at radius 1 is 1.18 bits per heavy atom. The number of para-hydroxylation sites is 1. The molecule has 1 atom stereocenters. The van der Waals surface area contributed by atoms with Crippen molar-refractivity contribution in [3.63, 3.8) is 0 Å². The predicted molar refractivity (Wildman–Crippen MR) is 120 cm³/mol. The zero-order valence-corrected chi connectivity index (χ0v) is 19.2. The zero-order chi connectivity index (χ0) is 19.6. The second kappa shape index (κ2) is 13.1. The summed E-state index contributed by atoms with van der Waals surface area (Å²) in [6.45, 7) is 8.14. The molecule has 0 spiro atoms. The number of halogens is 3. The summed E-state index contributed by atoms with van der Waals surface area (Å²) >= 11 is 0. The average molecular weight is 511 g/mol. The minimum atomic E-state index is -2.84. The van der Waals surface area contributed by atoms with Crippen molar-refractivity contribution in [2.75, 3.05) is 46.3 Å². The Morgan fingerprint density at radius 2 is 1.86 bits per heavy atom. The molecule has 0 saturated carbocycles. The summed E-state index contributed by atoms with van der Waals surface area (Å²) in [4.78, 5) is 9.14. The number of rotatable bonds is 8. The highest BCUT2D eigenvalue weighted by Crippen LogP contribution is 2.19. The lowest BCUT2D eigenvalue weighted by Gasteiger charge is -2.37. The lowest BCUT2D eigenvalue weighted by atomic mass is 10.2. The van der Waals surface area contributed by atoms with E-state index in [4.69, 9.17) is 0 Å². The molecule has 1 unspecified atom stereocenters. The van der Waals surface area contributed by atoms with Gasteiger partial charge in [-0.05, 0) is 19.5 Å². The van der Waals surface area contributed by atoms with Gasteiger partial charge in [-0.15, -0.1) is 24.0 Å². The lowest BCUT2D eigenvalue weighted by Crippen LogP contribution is -2.53. The predicted octanol–water partition coefficient (Wildman–Crippen LogP) is 2.60. The fraction of sp³-hybridized carbons (Fsp3) is 0.632. The van der Waals surface area contributed by atoms with E-state index in [0.717, 1.165) is 39.3 Å². The lowest BCUT2D eigenvalue weighted by molar-refractivity contribution is -0.0504. The molecule has 0 amide bonds. The third-order valence-electron chi connectivity index (χ3n) is 4.90. The molecule has 1 saturated heterocycles. The van der Waals surface area contributed by atoms with Crippen molar-refractivity contribution < 1.29 is 13.5 Å². The van der Waals surface area contributed by atoms with Crippen molar-refractivity contribution in [1.82, 2.24) is 20.4 Å². The smallest absolute Gasteiger partial charge is 0.387 e. The highest BCUT2D eigenvalue weighted by molar-refractivity contribution is 14.0. The first-order valence-electron chi connectivity index (χ1n) is 9.47. The monoisotopic (exact) mass is 511 g/mol. The van der Waals surface area contributed by atoms with Gasteiger partial charge < -0.3 is 20.3 Å². The molecule has 2 rings (SSSR count). The van der Waals surface area contributed by atoms with Gasteiger partial charge in [0, 0.05) is 57.9 Å². The molecule has 1 heterocycles. The molecule has 28 heavy (non-hydrogen) atoms. The Bertz CT molecular complexity index is 597. The number of alkyl halides is 2. The maximum atomic E-state index is 12.5. The van der Waals surface area contributed by atoms with Gasteiger partial charge in [0.2, 0.25) is 0 Å². The molecule has 1 aromatic rings. The van der Waals surface area contributed by atoms with E-state index in [9.17, 15) is 8.78 Å². The van der Waals surface area contributed by atoms with E-state index in [1.165, 1.54) is 6.07 Å². The van der Waals surface area contributed by atoms with E-state index in [1.807, 2.05) is 0 Å². The van der Waals surface area contributed by atoms with Gasteiger partial charge >= 0.3 is 6.61 Å². The van der Waals surface area contributed by atoms with Gasteiger partial charge in [-0.25, -0.2) is 0 Å². The van der Waals surface area contributed by atoms with Gasteiger partial charge in [-0.1, -0.05) is 25.1 Å². The van der Waals surface area contributed by atoms with Crippen LogP contribution in [0.15, 0.2) is 29.3 Å². The molecule has 9 heteroatoms. The zero-order valence-electron chi connectivity index (χ0n) is 16.8. The van der Waals surface area contributed by atoms with Gasteiger partial charge in [0.05, 0.1) is 0 Å². The third-order valence-corrected chi connectivity index (χ3v) is 4.90. The van der Waals surface area contributed by atoms with E-state index in [-0.39, 0.29) is 29.7 Å². The number of nitrogens with one attached hydrogen (secondary N) is 2. The van der Waals surface area contributed by atoms with Gasteiger partial charge in [0.25, 0.3) is 0 Å². The summed E-state index contributed by atoms with van der Waals surface area (Å²) in [6.07, 6.45) is 0. The number of likely N-dealkylation sites (N-methyl/N-ethyl adjacent to an activating group) is 1. The topological polar surface area (TPSA) is 52.1 Å². The Hall–Kier alpha value is -1.20. The van der Waals surface area contributed by atoms with Crippen molar-refractivity contribution in [1.29, 1.82) is 0 Å². The van der Waals surface area contributed by atoms with Crippen LogP contribution in [0.25, 0.3) is 0 Å². The highest BCUT2D eigenvalue weighted by Gasteiger charge is 2.20. The molecular formula is C19H32F2IN5O. The van der Waals surface area contributed by atoms with Gasteiger partial charge in [-0.2, -0.15) is 8.78 Å². The average Bonchev–Trinajstić information content (AvgIpc) is 2.68. The summed E-state index contributed by atoms with van der Waals surface area (Å²) in [5.41, 5.74) is 0.657. The second-order valence-corrected chi connectivity index (χ2v) is 6.61. The fourth-order valence-electron chi connectivity index (χ4n) is 3.15. The van der Waals surface area contributed by atoms with Crippen LogP contribution >= 0.6 is 24.0 Å². The number of ether oxygens (including phenoxy) is 1. The van der Waals surface area contributed by atoms with Crippen LogP contribution in [0.4, 0.5) is 8.78 Å². The van der Waals surface area contributed by atoms with Gasteiger partial charge in [-0.3, -0.25) is 9.89 Å². The van der Waals surface area contributed by atoms with E-state index < -0.39 is 6.61 Å². The van der Waals surface area contributed by atoms with E-state index in [1.54, 1.807) is 25.2 Å². The number of nitrogens with zero attached hydrogens (tertiary/aromatic N) is 3. The standard InChI is InChI=1S/C19H31F2N5O.HI/c1-4-25-9-11-26(12-10-25)15(2)13-23-19(22-3)24-14-16-7-5-6-8-17(16)27-18(20)21;/h5-8,15,18H,4,9-14H2,1-3H3,(H2,22,23,24);1H. The highest BCUT2D eigenvalue weighted by atomic mass is 127. The quantitative estimate of drug-likeness (QED) is 0.320. The summed E-state index contributed by atoms with van der Waals surface area (Å²) in [5.74, 6) is 0.818. The number of benzene rings is 1. The molecule has 1 aliphatic heterocycles. The van der Waals surface area contributed by atoms with E-state index in [2.05, 4.69) is 44.0 Å². The number of guanidine groups is 1. The van der Waals surface area contributed by atoms with Gasteiger partial charge in [0.15, 0.2) is 5.96 Å². The Kier molecular flexibility index (Phi) is 11.6. The number of aliphatic imine (C=N–C) groups is 1. The van der Waals surface area contributed by atoms with Crippen LogP contribution in [0, 0.1) is 0 Å². The third kappa shape index (κ3) is 8.04. The first kappa shape index (κ1) is 24.8. The molecule has 0 aromatic heterocycles. The van der Waals surface area contributed by atoms with Crippen LogP contribution in [-0.4, -0.2) is 74.7 Å². The van der Waals surface area contributed by atoms with Crippen LogP contribution in [0.1, 0.15) is 19.4 Å². The van der Waals surface area contributed by atoms with Crippen molar-refractivity contribution in [3.05, 3.63) is 29.8 Å². The van der Waals surface area contributed by atoms with Crippen molar-refractivity contribution >= 4 is 29.9 Å². The maximum Gasteiger partial charge on any atom is 0.387 e. The molecule has 6 nitrogen and oxygen atoms in total. The maximum absolute atomic E-state index is 12.5. The normalized spacial score (nSPS) is 17.1. The second-order valence-electron chi connectivity index (χ2n) is 6.61. The van der Waals surface area contributed by atoms with Crippen molar-refractivity contribution in [3.8, 4) is 5.75 Å². The summed E-state index contributed by atoms with van der Waals surface area (Å²) < 4.78 is 29.6. The summed E-state index contributed by atoms with van der Waals surface area (Å²) in [7, 11) is 1.70. The molecule has 2 N–H and O–H groups in total. The van der Waals surface area contributed by atoms with Crippen LogP contribution in [-0.2, 0) is 6.54 Å². The number of piperazine rings is 1. The first-order valence-corrected chi connectivity index (χ1v) is 9.47. The van der Waals surface area contributed by atoms with Gasteiger partial charge in [0.1, 0.15) is 5.75 Å². The van der Waals surface area contributed by atoms with Crippen LogP contribution in [0.2, 0.25) is 0 Å². The minimum absolute atomic E-state index is 0.